The zero-order chi connectivity index (χ0) is 27.3. The Bertz CT molecular complexity index is 1130. The maximum atomic E-state index is 13.7. The molecule has 4 nitrogen and oxygen atoms in total. The van der Waals surface area contributed by atoms with Gasteiger partial charge in [-0.1, -0.05) is 53.0 Å². The van der Waals surface area contributed by atoms with Crippen molar-refractivity contribution in [2.75, 3.05) is 13.1 Å². The van der Waals surface area contributed by atoms with Crippen LogP contribution in [0.3, 0.4) is 0 Å². The average molecular weight is 641 g/mol. The van der Waals surface area contributed by atoms with Gasteiger partial charge >= 0.3 is 12.4 Å². The van der Waals surface area contributed by atoms with E-state index in [-0.39, 0.29) is 30.7 Å². The molecule has 0 aliphatic heterocycles. The van der Waals surface area contributed by atoms with Gasteiger partial charge in [0.25, 0.3) is 5.91 Å². The molecule has 2 rings (SSSR count). The molecule has 0 saturated carbocycles. The summed E-state index contributed by atoms with van der Waals surface area (Å²) in [5, 5.41) is 3.94. The molecule has 2 aromatic rings. The van der Waals surface area contributed by atoms with Gasteiger partial charge in [-0.05, 0) is 51.3 Å². The van der Waals surface area contributed by atoms with Gasteiger partial charge in [-0.3, -0.25) is 9.59 Å². The third-order valence-electron chi connectivity index (χ3n) is 4.58. The van der Waals surface area contributed by atoms with Crippen molar-refractivity contribution in [3.8, 4) is 0 Å². The molecule has 0 aliphatic rings. The van der Waals surface area contributed by atoms with Crippen LogP contribution in [0.25, 0.3) is 6.08 Å². The normalized spacial score (nSPS) is 13.1. The number of hydrogen-bond donors (Lipinski definition) is 2. The number of amides is 2. The first kappa shape index (κ1) is 30.3. The van der Waals surface area contributed by atoms with Gasteiger partial charge in [0.2, 0.25) is 5.91 Å². The Hall–Kier alpha value is -1.95. The Balaban J connectivity index is 2.10. The molecule has 14 heteroatoms. The van der Waals surface area contributed by atoms with E-state index in [1.165, 1.54) is 24.3 Å². The highest BCUT2D eigenvalue weighted by molar-refractivity contribution is 9.10. The largest absolute Gasteiger partial charge is 0.399 e. The Morgan fingerprint density at radius 2 is 1.58 bits per heavy atom. The van der Waals surface area contributed by atoms with Crippen LogP contribution in [-0.4, -0.2) is 37.3 Å². The monoisotopic (exact) mass is 638 g/mol. The van der Waals surface area contributed by atoms with Gasteiger partial charge in [0, 0.05) is 11.0 Å². The number of allylic oxidation sites excluding steroid dienone is 1. The predicted molar refractivity (Wildman–Crippen MR) is 129 cm³/mol. The van der Waals surface area contributed by atoms with E-state index in [4.69, 9.17) is 34.8 Å². The van der Waals surface area contributed by atoms with Crippen LogP contribution in [0.4, 0.5) is 26.3 Å². The van der Waals surface area contributed by atoms with Crippen molar-refractivity contribution in [1.29, 1.82) is 0 Å². The fourth-order valence-electron chi connectivity index (χ4n) is 2.85. The summed E-state index contributed by atoms with van der Waals surface area (Å²) in [5.41, 5.74) is 0.143. The minimum atomic E-state index is -4.67. The first-order valence-electron chi connectivity index (χ1n) is 9.89. The van der Waals surface area contributed by atoms with Gasteiger partial charge in [-0.2, -0.15) is 26.3 Å². The van der Waals surface area contributed by atoms with Crippen LogP contribution in [0.2, 0.25) is 15.1 Å². The van der Waals surface area contributed by atoms with E-state index < -0.39 is 49.6 Å². The number of carbonyl (C=O) groups excluding carboxylic acids is 2. The Kier molecular flexibility index (Phi) is 10.5. The number of hydrogen-bond acceptors (Lipinski definition) is 2. The fraction of sp³-hybridized carbons (Fsp3) is 0.273. The maximum absolute atomic E-state index is 13.7. The zero-order valence-electron chi connectivity index (χ0n) is 17.8. The lowest BCUT2D eigenvalue weighted by molar-refractivity contribution is -0.139. The number of benzene rings is 2. The highest BCUT2D eigenvalue weighted by Crippen LogP contribution is 2.41. The zero-order valence-corrected chi connectivity index (χ0v) is 21.7. The summed E-state index contributed by atoms with van der Waals surface area (Å²) in [6.45, 7) is -1.19. The maximum Gasteiger partial charge on any atom is 0.399 e. The highest BCUT2D eigenvalue weighted by Gasteiger charge is 2.39. The number of carbonyl (C=O) groups is 2. The number of halogens is 10. The summed E-state index contributed by atoms with van der Waals surface area (Å²) in [4.78, 5) is 23.9. The molecule has 0 fully saturated rings. The number of alkyl halides is 6. The van der Waals surface area contributed by atoms with Crippen LogP contribution in [0.5, 0.6) is 0 Å². The molecule has 36 heavy (non-hydrogen) atoms. The van der Waals surface area contributed by atoms with E-state index >= 15 is 0 Å². The first-order valence-corrected chi connectivity index (χ1v) is 11.8. The lowest BCUT2D eigenvalue weighted by Gasteiger charge is -2.18. The molecule has 0 aliphatic carbocycles. The van der Waals surface area contributed by atoms with Gasteiger partial charge in [-0.25, -0.2) is 0 Å². The van der Waals surface area contributed by atoms with E-state index in [9.17, 15) is 35.9 Å². The number of nitrogens with one attached hydrogen (secondary N) is 2. The van der Waals surface area contributed by atoms with E-state index in [1.54, 1.807) is 0 Å². The highest BCUT2D eigenvalue weighted by atomic mass is 79.9. The summed E-state index contributed by atoms with van der Waals surface area (Å²) in [5.74, 6) is -3.59. The van der Waals surface area contributed by atoms with E-state index in [2.05, 4.69) is 21.2 Å². The minimum absolute atomic E-state index is 0.0545. The van der Waals surface area contributed by atoms with E-state index in [0.29, 0.717) is 5.56 Å². The molecule has 1 atom stereocenters. The van der Waals surface area contributed by atoms with E-state index in [1.807, 2.05) is 5.32 Å². The van der Waals surface area contributed by atoms with Gasteiger partial charge < -0.3 is 10.6 Å². The van der Waals surface area contributed by atoms with Crippen LogP contribution < -0.4 is 10.6 Å². The molecule has 0 bridgehead atoms. The summed E-state index contributed by atoms with van der Waals surface area (Å²) in [6, 6.07) is 6.19. The van der Waals surface area contributed by atoms with Crippen LogP contribution in [0, 0.1) is 0 Å². The van der Waals surface area contributed by atoms with Crippen LogP contribution in [-0.2, 0) is 4.79 Å². The third kappa shape index (κ3) is 9.17. The Morgan fingerprint density at radius 3 is 2.11 bits per heavy atom. The van der Waals surface area contributed by atoms with Gasteiger partial charge in [-0.15, -0.1) is 0 Å². The summed E-state index contributed by atoms with van der Waals surface area (Å²) in [6.07, 6.45) is -8.22. The van der Waals surface area contributed by atoms with Crippen molar-refractivity contribution in [3.63, 3.8) is 0 Å². The molecule has 1 unspecified atom stereocenters. The Morgan fingerprint density at radius 1 is 0.972 bits per heavy atom. The summed E-state index contributed by atoms with van der Waals surface area (Å²) in [7, 11) is 0. The molecule has 2 amide bonds. The van der Waals surface area contributed by atoms with Crippen molar-refractivity contribution in [2.24, 2.45) is 0 Å². The second-order valence-corrected chi connectivity index (χ2v) is 9.36. The minimum Gasteiger partial charge on any atom is -0.354 e. The molecule has 0 aromatic heterocycles. The quantitative estimate of drug-likeness (QED) is 0.231. The van der Waals surface area contributed by atoms with Crippen LogP contribution in [0.1, 0.15) is 33.8 Å². The number of rotatable bonds is 8. The third-order valence-corrected chi connectivity index (χ3v) is 6.43. The summed E-state index contributed by atoms with van der Waals surface area (Å²) >= 11 is 20.7. The molecular weight excluding hydrogens is 625 g/mol. The second kappa shape index (κ2) is 12.5. The molecule has 0 heterocycles. The molecule has 196 valence electrons. The van der Waals surface area contributed by atoms with Crippen molar-refractivity contribution in [3.05, 3.63) is 72.6 Å². The van der Waals surface area contributed by atoms with Crippen LogP contribution >= 0.6 is 50.7 Å². The van der Waals surface area contributed by atoms with E-state index in [0.717, 1.165) is 18.2 Å². The molecular formula is C22H16BrCl3F6N2O2. The Labute approximate surface area is 225 Å². The van der Waals surface area contributed by atoms with Crippen molar-refractivity contribution < 1.29 is 35.9 Å². The molecule has 0 radical (unpaired) electrons. The SMILES string of the molecule is O=C(CNC(=O)c1ccc(C=CC(c2cc(Cl)c(Cl)c(Cl)c2)C(F)(F)F)cc1Br)NCCC(F)(F)F. The lowest BCUT2D eigenvalue weighted by Crippen LogP contribution is -2.38. The van der Waals surface area contributed by atoms with Crippen molar-refractivity contribution >= 4 is 68.6 Å². The second-order valence-electron chi connectivity index (χ2n) is 7.31. The van der Waals surface area contributed by atoms with Crippen LogP contribution in [0.15, 0.2) is 40.9 Å². The predicted octanol–water partition coefficient (Wildman–Crippen LogP) is 7.57. The van der Waals surface area contributed by atoms with Gasteiger partial charge in [0.15, 0.2) is 0 Å². The smallest absolute Gasteiger partial charge is 0.354 e. The topological polar surface area (TPSA) is 58.2 Å². The van der Waals surface area contributed by atoms with Crippen molar-refractivity contribution in [2.45, 2.75) is 24.7 Å². The standard InChI is InChI=1S/C22H16BrCl3F6N2O2/c23-15-7-11(1-3-13(15)20(36)34-10-18(35)33-6-5-21(27,28)29)2-4-14(22(30,31)32)12-8-16(24)19(26)17(25)9-12/h1-4,7-9,14H,5-6,10H2,(H,33,35)(H,34,36). The molecule has 0 saturated heterocycles. The van der Waals surface area contributed by atoms with Gasteiger partial charge in [0.05, 0.1) is 39.5 Å². The van der Waals surface area contributed by atoms with Gasteiger partial charge in [0.1, 0.15) is 0 Å². The molecule has 2 aromatic carbocycles. The van der Waals surface area contributed by atoms with Crippen molar-refractivity contribution in [1.82, 2.24) is 10.6 Å². The lowest BCUT2D eigenvalue weighted by atomic mass is 9.97. The fourth-order valence-corrected chi connectivity index (χ4v) is 4.04. The average Bonchev–Trinajstić information content (AvgIpc) is 2.74. The summed E-state index contributed by atoms with van der Waals surface area (Å²) < 4.78 is 77.6. The molecule has 0 spiro atoms. The first-order chi connectivity index (χ1) is 16.6. The molecule has 2 N–H and O–H groups in total.